The summed E-state index contributed by atoms with van der Waals surface area (Å²) in [5, 5.41) is 11.6. The molecule has 1 aromatic rings. The van der Waals surface area contributed by atoms with Gasteiger partial charge in [0.15, 0.2) is 0 Å². The van der Waals surface area contributed by atoms with Crippen LogP contribution in [0.2, 0.25) is 0 Å². The summed E-state index contributed by atoms with van der Waals surface area (Å²) >= 11 is 0. The van der Waals surface area contributed by atoms with E-state index in [1.807, 2.05) is 20.8 Å². The van der Waals surface area contributed by atoms with Crippen molar-refractivity contribution in [3.63, 3.8) is 0 Å². The first-order chi connectivity index (χ1) is 8.50. The Hall–Kier alpha value is -1.86. The van der Waals surface area contributed by atoms with E-state index in [4.69, 9.17) is 5.11 Å². The summed E-state index contributed by atoms with van der Waals surface area (Å²) in [6.07, 6.45) is 2.38. The molecular formula is C14H18N2O2. The van der Waals surface area contributed by atoms with Crippen molar-refractivity contribution in [2.75, 3.05) is 6.61 Å². The van der Waals surface area contributed by atoms with Crippen LogP contribution in [0.4, 0.5) is 0 Å². The first-order valence-corrected chi connectivity index (χ1v) is 5.87. The zero-order chi connectivity index (χ0) is 13.6. The lowest BCUT2D eigenvalue weighted by Crippen LogP contribution is -2.43. The topological polar surface area (TPSA) is 62.2 Å². The monoisotopic (exact) mass is 246 g/mol. The lowest BCUT2D eigenvalue weighted by atomic mass is 10.0. The van der Waals surface area contributed by atoms with Crippen LogP contribution in [-0.2, 0) is 0 Å². The molecule has 0 bridgehead atoms. The summed E-state index contributed by atoms with van der Waals surface area (Å²) in [7, 11) is 0. The molecule has 0 aliphatic heterocycles. The minimum absolute atomic E-state index is 0.240. The van der Waals surface area contributed by atoms with Crippen LogP contribution in [0.15, 0.2) is 18.3 Å². The number of carbonyl (C=O) groups is 1. The Morgan fingerprint density at radius 1 is 1.56 bits per heavy atom. The minimum atomic E-state index is -0.281. The number of rotatable bonds is 3. The second-order valence-electron chi connectivity index (χ2n) is 4.55. The molecule has 0 aliphatic rings. The molecule has 0 aromatic carbocycles. The predicted molar refractivity (Wildman–Crippen MR) is 70.0 cm³/mol. The van der Waals surface area contributed by atoms with Crippen LogP contribution < -0.4 is 5.32 Å². The van der Waals surface area contributed by atoms with Gasteiger partial charge in [-0.05, 0) is 32.4 Å². The Kier molecular flexibility index (Phi) is 4.87. The molecule has 0 unspecified atom stereocenters. The van der Waals surface area contributed by atoms with Gasteiger partial charge >= 0.3 is 0 Å². The normalized spacial score (nSPS) is 10.4. The van der Waals surface area contributed by atoms with E-state index in [1.54, 1.807) is 18.3 Å². The van der Waals surface area contributed by atoms with Gasteiger partial charge in [0.25, 0.3) is 5.91 Å². The number of aliphatic hydroxyl groups excluding tert-OH is 1. The highest BCUT2D eigenvalue weighted by molar-refractivity contribution is 5.95. The lowest BCUT2D eigenvalue weighted by Gasteiger charge is -2.24. The van der Waals surface area contributed by atoms with Crippen LogP contribution in [0.5, 0.6) is 0 Å². The Bertz CT molecular complexity index is 484. The summed E-state index contributed by atoms with van der Waals surface area (Å²) in [6.45, 7) is 5.67. The number of nitrogens with zero attached hydrogens (tertiary/aromatic N) is 1. The Morgan fingerprint density at radius 3 is 2.89 bits per heavy atom. The number of nitrogens with one attached hydrogen (secondary N) is 1. The maximum absolute atomic E-state index is 12.1. The second kappa shape index (κ2) is 6.18. The molecule has 96 valence electrons. The summed E-state index contributed by atoms with van der Waals surface area (Å²) < 4.78 is 0. The van der Waals surface area contributed by atoms with Gasteiger partial charge in [0, 0.05) is 11.7 Å². The van der Waals surface area contributed by atoms with Crippen LogP contribution in [-0.4, -0.2) is 28.1 Å². The highest BCUT2D eigenvalue weighted by atomic mass is 16.2. The number of hydrogen-bond donors (Lipinski definition) is 2. The van der Waals surface area contributed by atoms with E-state index < -0.39 is 0 Å². The quantitative estimate of drug-likeness (QED) is 0.791. The fourth-order valence-electron chi connectivity index (χ4n) is 1.28. The predicted octanol–water partition coefficient (Wildman–Crippen LogP) is 1.34. The van der Waals surface area contributed by atoms with Gasteiger partial charge < -0.3 is 10.4 Å². The Labute approximate surface area is 107 Å². The number of pyridine rings is 1. The van der Waals surface area contributed by atoms with E-state index >= 15 is 0 Å². The average Bonchev–Trinajstić information content (AvgIpc) is 2.36. The van der Waals surface area contributed by atoms with E-state index in [9.17, 15) is 4.79 Å². The first-order valence-electron chi connectivity index (χ1n) is 5.87. The Balaban J connectivity index is 2.99. The van der Waals surface area contributed by atoms with Gasteiger partial charge in [-0.1, -0.05) is 18.8 Å². The van der Waals surface area contributed by atoms with Gasteiger partial charge in [-0.2, -0.15) is 0 Å². The van der Waals surface area contributed by atoms with Crippen molar-refractivity contribution in [1.82, 2.24) is 10.3 Å². The second-order valence-corrected chi connectivity index (χ2v) is 4.55. The maximum Gasteiger partial charge on any atom is 0.271 e. The van der Waals surface area contributed by atoms with Crippen LogP contribution in [0.25, 0.3) is 0 Å². The van der Waals surface area contributed by atoms with Crippen molar-refractivity contribution in [2.45, 2.75) is 32.7 Å². The molecule has 0 radical (unpaired) electrons. The van der Waals surface area contributed by atoms with Crippen molar-refractivity contribution >= 4 is 5.91 Å². The molecule has 1 rings (SSSR count). The average molecular weight is 246 g/mol. The van der Waals surface area contributed by atoms with Gasteiger partial charge in [-0.25, -0.2) is 4.98 Å². The van der Waals surface area contributed by atoms with Crippen molar-refractivity contribution in [3.8, 4) is 11.8 Å². The van der Waals surface area contributed by atoms with Crippen molar-refractivity contribution in [1.29, 1.82) is 0 Å². The third-order valence-corrected chi connectivity index (χ3v) is 2.66. The molecular weight excluding hydrogens is 228 g/mol. The fraction of sp³-hybridized carbons (Fsp3) is 0.429. The van der Waals surface area contributed by atoms with Crippen molar-refractivity contribution in [2.24, 2.45) is 0 Å². The van der Waals surface area contributed by atoms with Gasteiger partial charge in [0.2, 0.25) is 0 Å². The molecule has 1 aromatic heterocycles. The molecule has 4 heteroatoms. The van der Waals surface area contributed by atoms with Crippen LogP contribution in [0.1, 0.15) is 43.2 Å². The smallest absolute Gasteiger partial charge is 0.271 e. The molecule has 0 fully saturated rings. The lowest BCUT2D eigenvalue weighted by molar-refractivity contribution is 0.0906. The van der Waals surface area contributed by atoms with Crippen molar-refractivity contribution in [3.05, 3.63) is 29.6 Å². The number of aliphatic hydroxyl groups is 1. The molecule has 4 nitrogen and oxygen atoms in total. The third-order valence-electron chi connectivity index (χ3n) is 2.66. The molecule has 1 amide bonds. The van der Waals surface area contributed by atoms with E-state index in [0.29, 0.717) is 11.3 Å². The highest BCUT2D eigenvalue weighted by Crippen LogP contribution is 2.10. The van der Waals surface area contributed by atoms with E-state index in [2.05, 4.69) is 22.1 Å². The molecule has 0 spiro atoms. The van der Waals surface area contributed by atoms with Gasteiger partial charge in [0.1, 0.15) is 12.3 Å². The summed E-state index contributed by atoms with van der Waals surface area (Å²) in [4.78, 5) is 16.2. The summed E-state index contributed by atoms with van der Waals surface area (Å²) in [5.74, 6) is 5.00. The largest absolute Gasteiger partial charge is 0.384 e. The fourth-order valence-corrected chi connectivity index (χ4v) is 1.28. The van der Waals surface area contributed by atoms with E-state index in [-0.39, 0.29) is 18.1 Å². The van der Waals surface area contributed by atoms with E-state index in [1.165, 1.54) is 0 Å². The molecule has 0 saturated carbocycles. The number of aromatic nitrogens is 1. The molecule has 0 aliphatic carbocycles. The molecule has 0 atom stereocenters. The summed E-state index contributed by atoms with van der Waals surface area (Å²) in [5.41, 5.74) is 0.534. The van der Waals surface area contributed by atoms with E-state index in [0.717, 1.165) is 6.42 Å². The summed E-state index contributed by atoms with van der Waals surface area (Å²) in [6, 6.07) is 3.42. The van der Waals surface area contributed by atoms with Crippen LogP contribution in [0, 0.1) is 11.8 Å². The first kappa shape index (κ1) is 14.2. The van der Waals surface area contributed by atoms with Gasteiger partial charge in [-0.15, -0.1) is 0 Å². The molecule has 1 heterocycles. The molecule has 0 saturated heterocycles. The Morgan fingerprint density at radius 2 is 2.28 bits per heavy atom. The number of hydrogen-bond acceptors (Lipinski definition) is 3. The standard InChI is InChI=1S/C14H18N2O2/c1-4-14(2,3)16-13(18)12-11(8-6-10-17)7-5-9-15-12/h5,7,9,17H,4,10H2,1-3H3,(H,16,18). The molecule has 2 N–H and O–H groups in total. The zero-order valence-corrected chi connectivity index (χ0v) is 10.9. The number of carbonyl (C=O) groups excluding carboxylic acids is 1. The highest BCUT2D eigenvalue weighted by Gasteiger charge is 2.20. The van der Waals surface area contributed by atoms with Gasteiger partial charge in [-0.3, -0.25) is 4.79 Å². The minimum Gasteiger partial charge on any atom is -0.384 e. The van der Waals surface area contributed by atoms with Gasteiger partial charge in [0.05, 0.1) is 5.56 Å². The number of amides is 1. The van der Waals surface area contributed by atoms with Crippen LogP contribution >= 0.6 is 0 Å². The molecule has 18 heavy (non-hydrogen) atoms. The third kappa shape index (κ3) is 3.86. The van der Waals surface area contributed by atoms with Crippen LogP contribution in [0.3, 0.4) is 0 Å². The SMILES string of the molecule is CCC(C)(C)NC(=O)c1ncccc1C#CCO. The van der Waals surface area contributed by atoms with Crippen molar-refractivity contribution < 1.29 is 9.90 Å². The maximum atomic E-state index is 12.1. The zero-order valence-electron chi connectivity index (χ0n) is 10.9.